The van der Waals surface area contributed by atoms with Gasteiger partial charge in [-0.2, -0.15) is 0 Å². The van der Waals surface area contributed by atoms with Gasteiger partial charge in [-0.15, -0.1) is 0 Å². The lowest BCUT2D eigenvalue weighted by molar-refractivity contribution is 0.411. The molecule has 0 atom stereocenters. The van der Waals surface area contributed by atoms with E-state index in [4.69, 9.17) is 4.74 Å². The molecule has 0 N–H and O–H groups in total. The van der Waals surface area contributed by atoms with Crippen LogP contribution in [0.5, 0.6) is 5.75 Å². The molecule has 0 saturated carbocycles. The zero-order chi connectivity index (χ0) is 9.14. The molecule has 1 aromatic carbocycles. The Morgan fingerprint density at radius 1 is 1.42 bits per heavy atom. The maximum absolute atomic E-state index is 5.21. The topological polar surface area (TPSA) is 9.23 Å². The van der Waals surface area contributed by atoms with Gasteiger partial charge in [0.05, 0.1) is 7.11 Å². The number of aryl methyl sites for hydroxylation is 1. The summed E-state index contributed by atoms with van der Waals surface area (Å²) in [5, 5.41) is 0.804. The smallest absolute Gasteiger partial charge is 0.124 e. The second kappa shape index (κ2) is 4.28. The molecule has 0 radical (unpaired) electrons. The van der Waals surface area contributed by atoms with Crippen LogP contribution in [0.4, 0.5) is 0 Å². The van der Waals surface area contributed by atoms with E-state index in [1.165, 1.54) is 5.56 Å². The van der Waals surface area contributed by atoms with Crippen molar-refractivity contribution in [3.63, 3.8) is 0 Å². The van der Waals surface area contributed by atoms with E-state index in [0.29, 0.717) is 0 Å². The van der Waals surface area contributed by atoms with Crippen LogP contribution < -0.4 is 4.74 Å². The van der Waals surface area contributed by atoms with Gasteiger partial charge in [-0.3, -0.25) is 0 Å². The average Bonchev–Trinajstić information content (AvgIpc) is 2.09. The standard InChI is InChI=1S/C9H10Br2O/c1-6-3-4-8(12-2)7(5-10)9(6)11/h3-4H,5H2,1-2H3. The second-order valence-electron chi connectivity index (χ2n) is 2.51. The van der Waals surface area contributed by atoms with Crippen molar-refractivity contribution in [1.29, 1.82) is 0 Å². The van der Waals surface area contributed by atoms with E-state index in [0.717, 1.165) is 21.1 Å². The summed E-state index contributed by atoms with van der Waals surface area (Å²) in [5.41, 5.74) is 2.39. The molecule has 0 aliphatic rings. The number of halogens is 2. The van der Waals surface area contributed by atoms with Crippen molar-refractivity contribution in [3.8, 4) is 5.75 Å². The summed E-state index contributed by atoms with van der Waals surface area (Å²) in [6.07, 6.45) is 0. The Labute approximate surface area is 89.4 Å². The van der Waals surface area contributed by atoms with Gasteiger partial charge in [-0.25, -0.2) is 0 Å². The molecule has 0 spiro atoms. The highest BCUT2D eigenvalue weighted by Crippen LogP contribution is 2.31. The van der Waals surface area contributed by atoms with E-state index in [-0.39, 0.29) is 0 Å². The van der Waals surface area contributed by atoms with E-state index in [9.17, 15) is 0 Å². The quantitative estimate of drug-likeness (QED) is 0.756. The Balaban J connectivity index is 3.25. The zero-order valence-electron chi connectivity index (χ0n) is 7.03. The zero-order valence-corrected chi connectivity index (χ0v) is 10.2. The maximum Gasteiger partial charge on any atom is 0.124 e. The summed E-state index contributed by atoms with van der Waals surface area (Å²) >= 11 is 6.95. The van der Waals surface area contributed by atoms with Crippen molar-refractivity contribution < 1.29 is 4.74 Å². The fourth-order valence-electron chi connectivity index (χ4n) is 1.04. The third kappa shape index (κ3) is 1.83. The summed E-state index contributed by atoms with van der Waals surface area (Å²) in [7, 11) is 1.68. The number of methoxy groups -OCH3 is 1. The number of ether oxygens (including phenoxy) is 1. The van der Waals surface area contributed by atoms with Crippen molar-refractivity contribution >= 4 is 31.9 Å². The van der Waals surface area contributed by atoms with Crippen molar-refractivity contribution in [1.82, 2.24) is 0 Å². The Morgan fingerprint density at radius 3 is 2.58 bits per heavy atom. The summed E-state index contributed by atoms with van der Waals surface area (Å²) in [5.74, 6) is 0.921. The maximum atomic E-state index is 5.21. The SMILES string of the molecule is COc1ccc(C)c(Br)c1CBr. The molecule has 0 unspecified atom stereocenters. The van der Waals surface area contributed by atoms with E-state index < -0.39 is 0 Å². The molecule has 0 aliphatic carbocycles. The Kier molecular flexibility index (Phi) is 3.59. The Bertz CT molecular complexity index is 284. The monoisotopic (exact) mass is 292 g/mol. The van der Waals surface area contributed by atoms with Gasteiger partial charge in [0, 0.05) is 15.4 Å². The predicted molar refractivity (Wildman–Crippen MR) is 58.1 cm³/mol. The molecule has 3 heteroatoms. The molecule has 1 aromatic rings. The summed E-state index contributed by atoms with van der Waals surface area (Å²) in [6.45, 7) is 2.07. The number of benzene rings is 1. The summed E-state index contributed by atoms with van der Waals surface area (Å²) in [6, 6.07) is 4.02. The first-order valence-corrected chi connectivity index (χ1v) is 5.50. The lowest BCUT2D eigenvalue weighted by Crippen LogP contribution is -1.92. The molecule has 0 aromatic heterocycles. The van der Waals surface area contributed by atoms with E-state index >= 15 is 0 Å². The highest BCUT2D eigenvalue weighted by molar-refractivity contribution is 9.10. The van der Waals surface area contributed by atoms with Gasteiger partial charge in [-0.05, 0) is 18.6 Å². The Morgan fingerprint density at radius 2 is 2.08 bits per heavy atom. The molecular weight excluding hydrogens is 284 g/mol. The highest BCUT2D eigenvalue weighted by atomic mass is 79.9. The van der Waals surface area contributed by atoms with Crippen LogP contribution >= 0.6 is 31.9 Å². The van der Waals surface area contributed by atoms with E-state index in [1.807, 2.05) is 12.1 Å². The summed E-state index contributed by atoms with van der Waals surface area (Å²) in [4.78, 5) is 0. The number of rotatable bonds is 2. The summed E-state index contributed by atoms with van der Waals surface area (Å²) < 4.78 is 6.34. The van der Waals surface area contributed by atoms with Crippen LogP contribution in [0, 0.1) is 6.92 Å². The first kappa shape index (κ1) is 10.1. The van der Waals surface area contributed by atoms with Gasteiger partial charge >= 0.3 is 0 Å². The van der Waals surface area contributed by atoms with Gasteiger partial charge in [0.15, 0.2) is 0 Å². The van der Waals surface area contributed by atoms with Gasteiger partial charge in [0.2, 0.25) is 0 Å². The van der Waals surface area contributed by atoms with Crippen molar-refractivity contribution in [3.05, 3.63) is 27.7 Å². The van der Waals surface area contributed by atoms with Crippen LogP contribution in [0.15, 0.2) is 16.6 Å². The minimum atomic E-state index is 0.804. The first-order chi connectivity index (χ1) is 5.70. The van der Waals surface area contributed by atoms with Gasteiger partial charge in [-0.1, -0.05) is 37.9 Å². The predicted octanol–water partition coefficient (Wildman–Crippen LogP) is 3.66. The van der Waals surface area contributed by atoms with Crippen LogP contribution in [0.25, 0.3) is 0 Å². The third-order valence-corrected chi connectivity index (χ3v) is 3.41. The molecular formula is C9H10Br2O. The molecule has 0 amide bonds. The van der Waals surface area contributed by atoms with Crippen LogP contribution in [-0.4, -0.2) is 7.11 Å². The van der Waals surface area contributed by atoms with E-state index in [2.05, 4.69) is 38.8 Å². The van der Waals surface area contributed by atoms with Gasteiger partial charge in [0.25, 0.3) is 0 Å². The molecule has 1 rings (SSSR count). The van der Waals surface area contributed by atoms with Crippen LogP contribution in [0.2, 0.25) is 0 Å². The van der Waals surface area contributed by atoms with Crippen molar-refractivity contribution in [2.75, 3.05) is 7.11 Å². The first-order valence-electron chi connectivity index (χ1n) is 3.58. The number of hydrogen-bond acceptors (Lipinski definition) is 1. The Hall–Kier alpha value is -0.0200. The third-order valence-electron chi connectivity index (χ3n) is 1.75. The molecule has 0 saturated heterocycles. The normalized spacial score (nSPS) is 10.0. The molecule has 1 nitrogen and oxygen atoms in total. The van der Waals surface area contributed by atoms with Crippen LogP contribution in [-0.2, 0) is 5.33 Å². The lowest BCUT2D eigenvalue weighted by Gasteiger charge is -2.09. The van der Waals surface area contributed by atoms with Crippen LogP contribution in [0.1, 0.15) is 11.1 Å². The average molecular weight is 294 g/mol. The largest absolute Gasteiger partial charge is 0.496 e. The number of alkyl halides is 1. The van der Waals surface area contributed by atoms with Crippen LogP contribution in [0.3, 0.4) is 0 Å². The fourth-order valence-corrected chi connectivity index (χ4v) is 2.44. The molecule has 12 heavy (non-hydrogen) atoms. The minimum Gasteiger partial charge on any atom is -0.496 e. The highest BCUT2D eigenvalue weighted by Gasteiger charge is 2.07. The second-order valence-corrected chi connectivity index (χ2v) is 3.86. The molecule has 0 aliphatic heterocycles. The lowest BCUT2D eigenvalue weighted by atomic mass is 10.1. The molecule has 0 fully saturated rings. The molecule has 0 heterocycles. The fraction of sp³-hybridized carbons (Fsp3) is 0.333. The number of hydrogen-bond donors (Lipinski definition) is 0. The molecule has 0 bridgehead atoms. The minimum absolute atomic E-state index is 0.804. The van der Waals surface area contributed by atoms with Crippen molar-refractivity contribution in [2.45, 2.75) is 12.3 Å². The van der Waals surface area contributed by atoms with Gasteiger partial charge in [0.1, 0.15) is 5.75 Å². The van der Waals surface area contributed by atoms with E-state index in [1.54, 1.807) is 7.11 Å². The van der Waals surface area contributed by atoms with Crippen molar-refractivity contribution in [2.24, 2.45) is 0 Å². The molecule has 66 valence electrons. The van der Waals surface area contributed by atoms with Gasteiger partial charge < -0.3 is 4.74 Å².